The average molecular weight is 221 g/mol. The zero-order valence-electron chi connectivity index (χ0n) is 8.11. The predicted octanol–water partition coefficient (Wildman–Crippen LogP) is 2.88. The first-order chi connectivity index (χ1) is 7.07. The lowest BCUT2D eigenvalue weighted by atomic mass is 10.1. The SMILES string of the molecule is CCNC(c1cccc(F)c1F)C(F)F. The Bertz CT molecular complexity index is 327. The molecule has 0 aliphatic carbocycles. The summed E-state index contributed by atoms with van der Waals surface area (Å²) >= 11 is 0. The lowest BCUT2D eigenvalue weighted by Crippen LogP contribution is -2.28. The summed E-state index contributed by atoms with van der Waals surface area (Å²) in [6.07, 6.45) is -2.78. The molecule has 0 aromatic heterocycles. The van der Waals surface area contributed by atoms with Gasteiger partial charge in [0.25, 0.3) is 6.43 Å². The Labute approximate surface area is 85.1 Å². The van der Waals surface area contributed by atoms with Crippen LogP contribution in [0.5, 0.6) is 0 Å². The fourth-order valence-electron chi connectivity index (χ4n) is 1.32. The third-order valence-corrected chi connectivity index (χ3v) is 1.99. The van der Waals surface area contributed by atoms with Crippen LogP contribution >= 0.6 is 0 Å². The summed E-state index contributed by atoms with van der Waals surface area (Å²) in [4.78, 5) is 0. The lowest BCUT2D eigenvalue weighted by molar-refractivity contribution is 0.0972. The summed E-state index contributed by atoms with van der Waals surface area (Å²) in [5.74, 6) is -2.33. The van der Waals surface area contributed by atoms with Crippen LogP contribution in [-0.4, -0.2) is 13.0 Å². The summed E-state index contributed by atoms with van der Waals surface area (Å²) in [6.45, 7) is 1.87. The Hall–Kier alpha value is -1.10. The Balaban J connectivity index is 3.05. The highest BCUT2D eigenvalue weighted by atomic mass is 19.3. The van der Waals surface area contributed by atoms with Gasteiger partial charge in [0.2, 0.25) is 0 Å². The Morgan fingerprint density at radius 1 is 1.27 bits per heavy atom. The maximum Gasteiger partial charge on any atom is 0.257 e. The van der Waals surface area contributed by atoms with Crippen LogP contribution in [0.3, 0.4) is 0 Å². The highest BCUT2D eigenvalue weighted by molar-refractivity contribution is 5.23. The number of benzene rings is 1. The van der Waals surface area contributed by atoms with Crippen LogP contribution in [0.1, 0.15) is 18.5 Å². The second kappa shape index (κ2) is 5.11. The van der Waals surface area contributed by atoms with Gasteiger partial charge in [-0.1, -0.05) is 19.1 Å². The molecule has 0 amide bonds. The minimum absolute atomic E-state index is 0.255. The molecule has 0 fully saturated rings. The molecular formula is C10H11F4N. The Morgan fingerprint density at radius 3 is 2.47 bits per heavy atom. The molecule has 84 valence electrons. The van der Waals surface area contributed by atoms with Crippen molar-refractivity contribution in [2.75, 3.05) is 6.54 Å². The molecule has 1 aromatic carbocycles. The minimum atomic E-state index is -2.78. The van der Waals surface area contributed by atoms with E-state index >= 15 is 0 Å². The van der Waals surface area contributed by atoms with Crippen LogP contribution in [0.4, 0.5) is 17.6 Å². The first kappa shape index (κ1) is 12.0. The molecule has 1 nitrogen and oxygen atoms in total. The summed E-state index contributed by atoms with van der Waals surface area (Å²) < 4.78 is 51.0. The highest BCUT2D eigenvalue weighted by Crippen LogP contribution is 2.24. The summed E-state index contributed by atoms with van der Waals surface area (Å²) in [5, 5.41) is 2.41. The largest absolute Gasteiger partial charge is 0.305 e. The zero-order valence-corrected chi connectivity index (χ0v) is 8.11. The van der Waals surface area contributed by atoms with Crippen molar-refractivity contribution in [3.63, 3.8) is 0 Å². The Kier molecular flexibility index (Phi) is 4.08. The van der Waals surface area contributed by atoms with Gasteiger partial charge < -0.3 is 5.32 Å². The van der Waals surface area contributed by atoms with Crippen molar-refractivity contribution in [3.8, 4) is 0 Å². The standard InChI is InChI=1S/C10H11F4N/c1-2-15-9(10(13)14)6-4-3-5-7(11)8(6)12/h3-5,9-10,15H,2H2,1H3. The van der Waals surface area contributed by atoms with E-state index in [4.69, 9.17) is 0 Å². The van der Waals surface area contributed by atoms with E-state index in [1.54, 1.807) is 6.92 Å². The molecular weight excluding hydrogens is 210 g/mol. The number of hydrogen-bond acceptors (Lipinski definition) is 1. The van der Waals surface area contributed by atoms with E-state index in [1.807, 2.05) is 0 Å². The van der Waals surface area contributed by atoms with Gasteiger partial charge in [-0.2, -0.15) is 0 Å². The van der Waals surface area contributed by atoms with Crippen LogP contribution in [0.25, 0.3) is 0 Å². The van der Waals surface area contributed by atoms with Crippen molar-refractivity contribution in [2.24, 2.45) is 0 Å². The van der Waals surface area contributed by atoms with Gasteiger partial charge >= 0.3 is 0 Å². The summed E-state index contributed by atoms with van der Waals surface area (Å²) in [7, 11) is 0. The average Bonchev–Trinajstić information content (AvgIpc) is 2.19. The first-order valence-electron chi connectivity index (χ1n) is 4.53. The van der Waals surface area contributed by atoms with Gasteiger partial charge in [0.05, 0.1) is 6.04 Å². The van der Waals surface area contributed by atoms with Crippen molar-refractivity contribution in [1.82, 2.24) is 5.32 Å². The van der Waals surface area contributed by atoms with E-state index in [9.17, 15) is 17.6 Å². The topological polar surface area (TPSA) is 12.0 Å². The van der Waals surface area contributed by atoms with Crippen LogP contribution in [0.15, 0.2) is 18.2 Å². The molecule has 1 atom stereocenters. The maximum atomic E-state index is 13.2. The van der Waals surface area contributed by atoms with Crippen molar-refractivity contribution in [3.05, 3.63) is 35.4 Å². The molecule has 1 N–H and O–H groups in total. The van der Waals surface area contributed by atoms with Crippen LogP contribution in [0.2, 0.25) is 0 Å². The normalized spacial score (nSPS) is 13.2. The molecule has 0 spiro atoms. The fourth-order valence-corrected chi connectivity index (χ4v) is 1.32. The fraction of sp³-hybridized carbons (Fsp3) is 0.400. The van der Waals surface area contributed by atoms with Crippen LogP contribution in [-0.2, 0) is 0 Å². The van der Waals surface area contributed by atoms with Crippen molar-refractivity contribution in [2.45, 2.75) is 19.4 Å². The van der Waals surface area contributed by atoms with Gasteiger partial charge in [0.1, 0.15) is 0 Å². The van der Waals surface area contributed by atoms with E-state index in [0.717, 1.165) is 12.1 Å². The second-order valence-electron chi connectivity index (χ2n) is 3.01. The predicted molar refractivity (Wildman–Crippen MR) is 48.8 cm³/mol. The number of halogens is 4. The van der Waals surface area contributed by atoms with Crippen LogP contribution < -0.4 is 5.32 Å². The smallest absolute Gasteiger partial charge is 0.257 e. The van der Waals surface area contributed by atoms with Crippen LogP contribution in [0, 0.1) is 11.6 Å². The Morgan fingerprint density at radius 2 is 1.93 bits per heavy atom. The summed E-state index contributed by atoms with van der Waals surface area (Å²) in [6, 6.07) is 1.79. The third-order valence-electron chi connectivity index (χ3n) is 1.99. The van der Waals surface area contributed by atoms with E-state index in [0.29, 0.717) is 0 Å². The van der Waals surface area contributed by atoms with E-state index in [2.05, 4.69) is 5.32 Å². The number of hydrogen-bond donors (Lipinski definition) is 1. The molecule has 1 unspecified atom stereocenters. The van der Waals surface area contributed by atoms with Crippen molar-refractivity contribution in [1.29, 1.82) is 0 Å². The number of rotatable bonds is 4. The van der Waals surface area contributed by atoms with Gasteiger partial charge in [-0.15, -0.1) is 0 Å². The van der Waals surface area contributed by atoms with E-state index < -0.39 is 24.1 Å². The van der Waals surface area contributed by atoms with Gasteiger partial charge in [0, 0.05) is 5.56 Å². The monoisotopic (exact) mass is 221 g/mol. The number of nitrogens with one attached hydrogen (secondary N) is 1. The molecule has 15 heavy (non-hydrogen) atoms. The van der Waals surface area contributed by atoms with Crippen molar-refractivity contribution < 1.29 is 17.6 Å². The zero-order chi connectivity index (χ0) is 11.4. The first-order valence-corrected chi connectivity index (χ1v) is 4.53. The minimum Gasteiger partial charge on any atom is -0.305 e. The molecule has 5 heteroatoms. The molecule has 0 aliphatic heterocycles. The molecule has 0 saturated carbocycles. The number of alkyl halides is 2. The quantitative estimate of drug-likeness (QED) is 0.771. The molecule has 0 radical (unpaired) electrons. The van der Waals surface area contributed by atoms with Crippen molar-refractivity contribution >= 4 is 0 Å². The lowest BCUT2D eigenvalue weighted by Gasteiger charge is -2.17. The highest BCUT2D eigenvalue weighted by Gasteiger charge is 2.25. The van der Waals surface area contributed by atoms with E-state index in [-0.39, 0.29) is 12.1 Å². The maximum absolute atomic E-state index is 13.2. The summed E-state index contributed by atoms with van der Waals surface area (Å²) in [5.41, 5.74) is -0.341. The molecule has 1 rings (SSSR count). The van der Waals surface area contributed by atoms with Gasteiger partial charge in [-0.3, -0.25) is 0 Å². The molecule has 0 bridgehead atoms. The molecule has 0 saturated heterocycles. The van der Waals surface area contributed by atoms with Gasteiger partial charge in [0.15, 0.2) is 11.6 Å². The molecule has 0 aliphatic rings. The third kappa shape index (κ3) is 2.68. The van der Waals surface area contributed by atoms with E-state index in [1.165, 1.54) is 6.07 Å². The molecule has 1 aromatic rings. The molecule has 0 heterocycles. The van der Waals surface area contributed by atoms with Gasteiger partial charge in [-0.05, 0) is 12.6 Å². The second-order valence-corrected chi connectivity index (χ2v) is 3.01. The van der Waals surface area contributed by atoms with Gasteiger partial charge in [-0.25, -0.2) is 17.6 Å².